The summed E-state index contributed by atoms with van der Waals surface area (Å²) in [7, 11) is 0. The van der Waals surface area contributed by atoms with Crippen molar-refractivity contribution in [3.05, 3.63) is 77.4 Å². The fourth-order valence-electron chi connectivity index (χ4n) is 6.16. The number of benzene rings is 1. The summed E-state index contributed by atoms with van der Waals surface area (Å²) in [6.07, 6.45) is 6.86. The molecule has 1 N–H and O–H groups in total. The highest BCUT2D eigenvalue weighted by molar-refractivity contribution is 7.80. The Morgan fingerprint density at radius 2 is 1.74 bits per heavy atom. The first kappa shape index (κ1) is 23.9. The van der Waals surface area contributed by atoms with Gasteiger partial charge in [-0.05, 0) is 101 Å². The Morgan fingerprint density at radius 1 is 1.03 bits per heavy atom. The quantitative estimate of drug-likeness (QED) is 0.399. The van der Waals surface area contributed by atoms with Crippen molar-refractivity contribution in [1.29, 1.82) is 0 Å². The summed E-state index contributed by atoms with van der Waals surface area (Å²) in [4.78, 5) is 9.61. The summed E-state index contributed by atoms with van der Waals surface area (Å²) in [6.45, 7) is 10.9. The molecule has 2 aromatic heterocycles. The normalized spacial score (nSPS) is 20.5. The van der Waals surface area contributed by atoms with E-state index >= 15 is 0 Å². The number of aromatic nitrogens is 2. The van der Waals surface area contributed by atoms with Crippen LogP contribution in [0.3, 0.4) is 0 Å². The molecule has 2 aliphatic rings. The third-order valence-corrected chi connectivity index (χ3v) is 8.21. The Balaban J connectivity index is 1.56. The van der Waals surface area contributed by atoms with Crippen LogP contribution in [0, 0.1) is 13.8 Å². The summed E-state index contributed by atoms with van der Waals surface area (Å²) in [5.74, 6) is 0. The van der Waals surface area contributed by atoms with Gasteiger partial charge in [0, 0.05) is 48.1 Å². The van der Waals surface area contributed by atoms with E-state index in [-0.39, 0.29) is 12.1 Å². The second-order valence-electron chi connectivity index (χ2n) is 9.82. The van der Waals surface area contributed by atoms with Crippen molar-refractivity contribution in [2.75, 3.05) is 18.0 Å². The minimum atomic E-state index is 0.0447. The predicted octanol–water partition coefficient (Wildman–Crippen LogP) is 6.25. The summed E-state index contributed by atoms with van der Waals surface area (Å²) in [6, 6.07) is 18.2. The van der Waals surface area contributed by atoms with Crippen molar-refractivity contribution >= 4 is 23.0 Å². The lowest BCUT2D eigenvalue weighted by atomic mass is 9.95. The molecular formula is C29H37N5S. The lowest BCUT2D eigenvalue weighted by molar-refractivity contribution is 0.245. The summed E-state index contributed by atoms with van der Waals surface area (Å²) in [5, 5.41) is 4.52. The molecule has 3 heterocycles. The first-order valence-corrected chi connectivity index (χ1v) is 13.5. The van der Waals surface area contributed by atoms with E-state index in [1.54, 1.807) is 0 Å². The van der Waals surface area contributed by atoms with Gasteiger partial charge in [0.15, 0.2) is 5.11 Å². The van der Waals surface area contributed by atoms with Gasteiger partial charge >= 0.3 is 0 Å². The smallest absolute Gasteiger partial charge is 0.170 e. The van der Waals surface area contributed by atoms with Gasteiger partial charge in [-0.15, -0.1) is 0 Å². The number of anilines is 1. The minimum Gasteiger partial charge on any atom is -0.372 e. The Bertz CT molecular complexity index is 1160. The molecule has 6 heteroatoms. The van der Waals surface area contributed by atoms with Crippen molar-refractivity contribution < 1.29 is 0 Å². The second-order valence-corrected chi connectivity index (χ2v) is 10.2. The molecule has 0 radical (unpaired) electrons. The zero-order valence-electron chi connectivity index (χ0n) is 21.4. The predicted molar refractivity (Wildman–Crippen MR) is 148 cm³/mol. The number of rotatable bonds is 7. The number of nitrogens with zero attached hydrogens (tertiary/aromatic N) is 4. The van der Waals surface area contributed by atoms with Gasteiger partial charge in [0.25, 0.3) is 0 Å². The average Bonchev–Trinajstić information content (AvgIpc) is 3.59. The van der Waals surface area contributed by atoms with Gasteiger partial charge in [-0.1, -0.05) is 18.9 Å². The number of aryl methyl sites for hydroxylation is 1. The standard InChI is InChI=1S/C29H37N5S/c1-5-32(6-2)22-14-16-24(17-15-22)33-20(3)19-25(21(33)4)28-27(26-13-9-10-18-30-26)31-29(35)34(28)23-11-7-8-12-23/h9-10,13-19,23,27-28H,5-8,11-12H2,1-4H3,(H,31,35). The fourth-order valence-corrected chi connectivity index (χ4v) is 6.55. The van der Waals surface area contributed by atoms with Gasteiger partial charge in [0.05, 0.1) is 17.8 Å². The van der Waals surface area contributed by atoms with Crippen LogP contribution >= 0.6 is 12.2 Å². The van der Waals surface area contributed by atoms with E-state index in [0.717, 1.165) is 23.9 Å². The molecule has 1 aliphatic heterocycles. The van der Waals surface area contributed by atoms with E-state index in [1.807, 2.05) is 12.3 Å². The number of hydrogen-bond donors (Lipinski definition) is 1. The van der Waals surface area contributed by atoms with Crippen molar-refractivity contribution in [1.82, 2.24) is 19.8 Å². The number of nitrogens with one attached hydrogen (secondary N) is 1. The molecule has 1 saturated heterocycles. The molecule has 35 heavy (non-hydrogen) atoms. The Labute approximate surface area is 215 Å². The second kappa shape index (κ2) is 10.0. The van der Waals surface area contributed by atoms with Gasteiger partial charge in [-0.25, -0.2) is 0 Å². The van der Waals surface area contributed by atoms with E-state index < -0.39 is 0 Å². The lowest BCUT2D eigenvalue weighted by Crippen LogP contribution is -2.37. The van der Waals surface area contributed by atoms with Crippen LogP contribution in [0.1, 0.15) is 74.3 Å². The zero-order valence-corrected chi connectivity index (χ0v) is 22.2. The van der Waals surface area contributed by atoms with Crippen LogP contribution in [0.15, 0.2) is 54.7 Å². The first-order valence-electron chi connectivity index (χ1n) is 13.1. The fraction of sp³-hybridized carbons (Fsp3) is 0.448. The van der Waals surface area contributed by atoms with Crippen LogP contribution in [0.2, 0.25) is 0 Å². The lowest BCUT2D eigenvalue weighted by Gasteiger charge is -2.33. The van der Waals surface area contributed by atoms with Gasteiger partial charge in [-0.2, -0.15) is 0 Å². The van der Waals surface area contributed by atoms with Gasteiger partial charge in [0.2, 0.25) is 0 Å². The van der Waals surface area contributed by atoms with Crippen molar-refractivity contribution in [3.8, 4) is 5.69 Å². The molecule has 1 aromatic carbocycles. The van der Waals surface area contributed by atoms with Crippen LogP contribution in [-0.4, -0.2) is 38.7 Å². The molecule has 2 atom stereocenters. The Kier molecular flexibility index (Phi) is 6.83. The molecule has 5 nitrogen and oxygen atoms in total. The maximum atomic E-state index is 5.94. The number of hydrogen-bond acceptors (Lipinski definition) is 3. The number of thiocarbonyl (C=S) groups is 1. The van der Waals surface area contributed by atoms with Gasteiger partial charge in [-0.3, -0.25) is 4.98 Å². The molecule has 184 valence electrons. The Morgan fingerprint density at radius 3 is 2.37 bits per heavy atom. The summed E-state index contributed by atoms with van der Waals surface area (Å²) in [5.41, 5.74) is 7.39. The first-order chi connectivity index (χ1) is 17.0. The third-order valence-electron chi connectivity index (χ3n) is 7.88. The monoisotopic (exact) mass is 487 g/mol. The third kappa shape index (κ3) is 4.33. The zero-order chi connectivity index (χ0) is 24.5. The number of pyridine rings is 1. The maximum Gasteiger partial charge on any atom is 0.170 e. The molecular weight excluding hydrogens is 450 g/mol. The van der Waals surface area contributed by atoms with Crippen LogP contribution in [0.25, 0.3) is 5.69 Å². The van der Waals surface area contributed by atoms with Crippen LogP contribution in [-0.2, 0) is 0 Å². The highest BCUT2D eigenvalue weighted by atomic mass is 32.1. The van der Waals surface area contributed by atoms with E-state index in [9.17, 15) is 0 Å². The molecule has 2 unspecified atom stereocenters. The van der Waals surface area contributed by atoms with Crippen LogP contribution < -0.4 is 10.2 Å². The molecule has 1 aliphatic carbocycles. The van der Waals surface area contributed by atoms with Crippen LogP contribution in [0.5, 0.6) is 0 Å². The van der Waals surface area contributed by atoms with Gasteiger partial charge in [0.1, 0.15) is 0 Å². The molecule has 2 fully saturated rings. The molecule has 0 amide bonds. The van der Waals surface area contributed by atoms with E-state index in [4.69, 9.17) is 17.2 Å². The molecule has 1 saturated carbocycles. The SMILES string of the molecule is CCN(CC)c1ccc(-n2c(C)cc(C3C(c4ccccn4)NC(=S)N3C3CCCC3)c2C)cc1. The van der Waals surface area contributed by atoms with E-state index in [0.29, 0.717) is 6.04 Å². The topological polar surface area (TPSA) is 36.3 Å². The Hall–Kier alpha value is -2.86. The van der Waals surface area contributed by atoms with Crippen molar-refractivity contribution in [3.63, 3.8) is 0 Å². The molecule has 0 spiro atoms. The highest BCUT2D eigenvalue weighted by Crippen LogP contribution is 2.44. The van der Waals surface area contributed by atoms with E-state index in [2.05, 4.69) is 89.8 Å². The molecule has 5 rings (SSSR count). The highest BCUT2D eigenvalue weighted by Gasteiger charge is 2.44. The largest absolute Gasteiger partial charge is 0.372 e. The van der Waals surface area contributed by atoms with Crippen LogP contribution in [0.4, 0.5) is 5.69 Å². The molecule has 3 aromatic rings. The minimum absolute atomic E-state index is 0.0447. The van der Waals surface area contributed by atoms with Crippen molar-refractivity contribution in [2.45, 2.75) is 71.5 Å². The maximum absolute atomic E-state index is 5.94. The van der Waals surface area contributed by atoms with Crippen molar-refractivity contribution in [2.24, 2.45) is 0 Å². The van der Waals surface area contributed by atoms with Gasteiger partial charge < -0.3 is 19.7 Å². The average molecular weight is 488 g/mol. The summed E-state index contributed by atoms with van der Waals surface area (Å²) < 4.78 is 2.39. The summed E-state index contributed by atoms with van der Waals surface area (Å²) >= 11 is 5.94. The van der Waals surface area contributed by atoms with E-state index in [1.165, 1.54) is 54.0 Å². The molecule has 0 bridgehead atoms.